The van der Waals surface area contributed by atoms with E-state index in [4.69, 9.17) is 0 Å². The van der Waals surface area contributed by atoms with Crippen molar-refractivity contribution in [2.75, 3.05) is 0 Å². The molecule has 1 fully saturated rings. The van der Waals surface area contributed by atoms with Crippen molar-refractivity contribution in [2.24, 2.45) is 28.6 Å². The Hall–Kier alpha value is -3.14. The van der Waals surface area contributed by atoms with Gasteiger partial charge in [0.05, 0.1) is 0 Å². The Labute approximate surface area is 285 Å². The van der Waals surface area contributed by atoms with Gasteiger partial charge in [-0.05, 0) is 85.1 Å². The number of hydrogen-bond acceptors (Lipinski definition) is 4. The number of allylic oxidation sites excluding steroid dienone is 1. The van der Waals surface area contributed by atoms with Gasteiger partial charge in [-0.15, -0.1) is 0 Å². The molecule has 0 aliphatic heterocycles. The van der Waals surface area contributed by atoms with Crippen molar-refractivity contribution in [1.29, 1.82) is 0 Å². The number of Topliss-reactive ketones (excluding diaryl/α,β-unsaturated/α-hetero) is 4. The van der Waals surface area contributed by atoms with Crippen molar-refractivity contribution < 1.29 is 19.2 Å². The Bertz CT molecular complexity index is 1400. The largest absolute Gasteiger partial charge is 0.299 e. The van der Waals surface area contributed by atoms with Crippen molar-refractivity contribution in [1.82, 2.24) is 0 Å². The van der Waals surface area contributed by atoms with Crippen molar-refractivity contribution in [2.45, 2.75) is 132 Å². The molecule has 0 saturated heterocycles. The molecule has 4 nitrogen and oxygen atoms in total. The second-order valence-corrected chi connectivity index (χ2v) is 15.8. The molecule has 0 bridgehead atoms. The lowest BCUT2D eigenvalue weighted by Gasteiger charge is -2.40. The van der Waals surface area contributed by atoms with Gasteiger partial charge < -0.3 is 0 Å². The van der Waals surface area contributed by atoms with E-state index in [0.717, 1.165) is 36.0 Å². The molecule has 0 amide bonds. The highest BCUT2D eigenvalue weighted by Gasteiger charge is 2.45. The van der Waals surface area contributed by atoms with Crippen molar-refractivity contribution in [3.05, 3.63) is 82.9 Å². The van der Waals surface area contributed by atoms with Gasteiger partial charge in [-0.3, -0.25) is 19.2 Å². The third-order valence-corrected chi connectivity index (χ3v) is 11.0. The monoisotopic (exact) mass is 640 g/mol. The van der Waals surface area contributed by atoms with E-state index in [2.05, 4.69) is 58.5 Å². The first-order chi connectivity index (χ1) is 22.1. The van der Waals surface area contributed by atoms with Crippen LogP contribution in [0.5, 0.6) is 0 Å². The van der Waals surface area contributed by atoms with Gasteiger partial charge in [-0.1, -0.05) is 110 Å². The smallest absolute Gasteiger partial charge is 0.164 e. The summed E-state index contributed by atoms with van der Waals surface area (Å²) in [5.41, 5.74) is 4.42. The minimum absolute atomic E-state index is 0.0369. The summed E-state index contributed by atoms with van der Waals surface area (Å²) in [6, 6.07) is 16.4. The zero-order valence-corrected chi connectivity index (χ0v) is 30.5. The maximum Gasteiger partial charge on any atom is 0.164 e. The van der Waals surface area contributed by atoms with E-state index in [-0.39, 0.29) is 52.2 Å². The first-order valence-corrected chi connectivity index (χ1v) is 18.0. The van der Waals surface area contributed by atoms with Crippen LogP contribution in [0.3, 0.4) is 0 Å². The zero-order chi connectivity index (χ0) is 34.9. The van der Waals surface area contributed by atoms with Crippen LogP contribution in [-0.2, 0) is 32.0 Å². The molecule has 2 aromatic rings. The molecule has 3 atom stereocenters. The molecule has 3 rings (SSSR count). The molecule has 0 heterocycles. The van der Waals surface area contributed by atoms with Gasteiger partial charge in [0.25, 0.3) is 0 Å². The summed E-state index contributed by atoms with van der Waals surface area (Å²) >= 11 is 0. The average molecular weight is 641 g/mol. The van der Waals surface area contributed by atoms with Crippen LogP contribution in [0.1, 0.15) is 134 Å². The highest BCUT2D eigenvalue weighted by molar-refractivity contribution is 6.00. The fraction of sp³-hybridized carbons (Fsp3) is 0.581. The Balaban J connectivity index is 1.75. The van der Waals surface area contributed by atoms with E-state index in [9.17, 15) is 19.2 Å². The van der Waals surface area contributed by atoms with Crippen molar-refractivity contribution in [3.8, 4) is 0 Å². The number of rotatable bonds is 17. The van der Waals surface area contributed by atoms with E-state index in [1.54, 1.807) is 0 Å². The lowest BCUT2D eigenvalue weighted by atomic mass is 9.62. The summed E-state index contributed by atoms with van der Waals surface area (Å²) in [5.74, 6) is -0.623. The Kier molecular flexibility index (Phi) is 13.7. The number of ketones is 4. The van der Waals surface area contributed by atoms with Crippen LogP contribution in [0.2, 0.25) is 0 Å². The van der Waals surface area contributed by atoms with E-state index in [1.165, 1.54) is 5.56 Å². The molecule has 0 spiro atoms. The Morgan fingerprint density at radius 2 is 1.49 bits per heavy atom. The minimum atomic E-state index is -0.714. The molecule has 2 aromatic carbocycles. The second kappa shape index (κ2) is 16.8. The molecular formula is C43H60O4. The number of aryl methyl sites for hydroxylation is 2. The molecule has 47 heavy (non-hydrogen) atoms. The van der Waals surface area contributed by atoms with Crippen molar-refractivity contribution >= 4 is 23.1 Å². The predicted molar refractivity (Wildman–Crippen MR) is 194 cm³/mol. The van der Waals surface area contributed by atoms with Crippen LogP contribution >= 0.6 is 0 Å². The summed E-state index contributed by atoms with van der Waals surface area (Å²) in [7, 11) is 0. The number of hydrogen-bond donors (Lipinski definition) is 0. The number of benzene rings is 2. The molecule has 256 valence electrons. The SMILES string of the molecule is C=C(Cc1ccccc1C)C(=O)C1(CCC(=O)C(C)c2ccc(CCC)cc2)CCC(C(=O)C(C)C(C)C(=O)CCC(C)(C)C)CC1. The molecule has 1 saturated carbocycles. The van der Waals surface area contributed by atoms with E-state index >= 15 is 0 Å². The summed E-state index contributed by atoms with van der Waals surface area (Å²) < 4.78 is 0. The summed E-state index contributed by atoms with van der Waals surface area (Å²) in [5, 5.41) is 0. The van der Waals surface area contributed by atoms with Gasteiger partial charge in [0.1, 0.15) is 17.3 Å². The highest BCUT2D eigenvalue weighted by Crippen LogP contribution is 2.46. The van der Waals surface area contributed by atoms with Crippen LogP contribution in [0.25, 0.3) is 0 Å². The second-order valence-electron chi connectivity index (χ2n) is 15.8. The zero-order valence-electron chi connectivity index (χ0n) is 30.5. The van der Waals surface area contributed by atoms with Crippen LogP contribution in [0, 0.1) is 35.5 Å². The van der Waals surface area contributed by atoms with E-state index in [0.29, 0.717) is 56.9 Å². The Morgan fingerprint density at radius 3 is 2.06 bits per heavy atom. The molecule has 3 unspecified atom stereocenters. The third kappa shape index (κ3) is 10.4. The third-order valence-electron chi connectivity index (χ3n) is 11.0. The predicted octanol–water partition coefficient (Wildman–Crippen LogP) is 10.2. The molecule has 1 aliphatic carbocycles. The van der Waals surface area contributed by atoms with Gasteiger partial charge in [0, 0.05) is 48.3 Å². The van der Waals surface area contributed by atoms with Crippen LogP contribution in [0.15, 0.2) is 60.7 Å². The summed E-state index contributed by atoms with van der Waals surface area (Å²) in [4.78, 5) is 54.6. The lowest BCUT2D eigenvalue weighted by Crippen LogP contribution is -2.40. The number of carbonyl (C=O) groups is 4. The average Bonchev–Trinajstić information content (AvgIpc) is 3.05. The maximum atomic E-state index is 14.3. The van der Waals surface area contributed by atoms with Gasteiger partial charge in [-0.25, -0.2) is 0 Å². The molecular weight excluding hydrogens is 580 g/mol. The Morgan fingerprint density at radius 1 is 0.872 bits per heavy atom. The van der Waals surface area contributed by atoms with Crippen LogP contribution in [0.4, 0.5) is 0 Å². The number of carbonyl (C=O) groups excluding carboxylic acids is 4. The van der Waals surface area contributed by atoms with Gasteiger partial charge >= 0.3 is 0 Å². The quantitative estimate of drug-likeness (QED) is 0.161. The fourth-order valence-corrected chi connectivity index (χ4v) is 7.19. The fourth-order valence-electron chi connectivity index (χ4n) is 7.19. The molecule has 4 heteroatoms. The van der Waals surface area contributed by atoms with Gasteiger partial charge in [0.2, 0.25) is 0 Å². The molecule has 1 aliphatic rings. The van der Waals surface area contributed by atoms with Gasteiger partial charge in [-0.2, -0.15) is 0 Å². The van der Waals surface area contributed by atoms with Crippen LogP contribution in [-0.4, -0.2) is 23.1 Å². The van der Waals surface area contributed by atoms with E-state index < -0.39 is 5.41 Å². The minimum Gasteiger partial charge on any atom is -0.299 e. The molecule has 0 N–H and O–H groups in total. The lowest BCUT2D eigenvalue weighted by molar-refractivity contribution is -0.137. The van der Waals surface area contributed by atoms with Gasteiger partial charge in [0.15, 0.2) is 5.78 Å². The summed E-state index contributed by atoms with van der Waals surface area (Å²) in [6.45, 7) is 20.6. The standard InChI is InChI=1S/C43H60O4/c1-10-13-34-16-18-35(19-17-34)33(6)39(45)23-27-43(41(47)30(3)28-37-15-12-11-14-29(37)2)25-20-36(21-26-43)40(46)32(5)31(4)38(44)22-24-42(7,8)9/h11-12,14-19,31-33,36H,3,10,13,20-28H2,1-2,4-9H3. The van der Waals surface area contributed by atoms with Crippen molar-refractivity contribution in [3.63, 3.8) is 0 Å². The maximum absolute atomic E-state index is 14.3. The van der Waals surface area contributed by atoms with E-state index in [1.807, 2.05) is 52.0 Å². The normalized spacial score (nSPS) is 20.2. The molecule has 0 radical (unpaired) electrons. The first kappa shape index (κ1) is 38.3. The molecule has 0 aromatic heterocycles. The highest BCUT2D eigenvalue weighted by atomic mass is 16.1. The van der Waals surface area contributed by atoms with Crippen LogP contribution < -0.4 is 0 Å². The first-order valence-electron chi connectivity index (χ1n) is 18.0. The topological polar surface area (TPSA) is 68.3 Å². The summed E-state index contributed by atoms with van der Waals surface area (Å²) in [6.07, 6.45) is 6.97.